The van der Waals surface area contributed by atoms with Crippen LogP contribution in [0.1, 0.15) is 59.5 Å². The van der Waals surface area contributed by atoms with Crippen molar-refractivity contribution in [3.63, 3.8) is 0 Å². The van der Waals surface area contributed by atoms with E-state index < -0.39 is 6.23 Å². The van der Waals surface area contributed by atoms with Crippen molar-refractivity contribution >= 4 is 22.9 Å². The van der Waals surface area contributed by atoms with E-state index in [4.69, 9.17) is 0 Å². The highest BCUT2D eigenvalue weighted by Crippen LogP contribution is 2.29. The molecule has 0 radical (unpaired) electrons. The van der Waals surface area contributed by atoms with Crippen LogP contribution in [0.2, 0.25) is 0 Å². The average molecular weight is 409 g/mol. The van der Waals surface area contributed by atoms with E-state index in [1.54, 1.807) is 4.52 Å². The van der Waals surface area contributed by atoms with Crippen molar-refractivity contribution in [2.75, 3.05) is 11.9 Å². The number of hydrogen-bond acceptors (Lipinski definition) is 6. The fourth-order valence-electron chi connectivity index (χ4n) is 3.46. The lowest BCUT2D eigenvalue weighted by Gasteiger charge is -2.13. The average Bonchev–Trinajstić information content (AvgIpc) is 3.48. The highest BCUT2D eigenvalue weighted by Gasteiger charge is 2.24. The van der Waals surface area contributed by atoms with Crippen molar-refractivity contribution in [3.05, 3.63) is 53.0 Å². The number of fused-ring (bicyclic) bond motifs is 1. The first-order valence-electron chi connectivity index (χ1n) is 10.4. The van der Waals surface area contributed by atoms with E-state index in [0.717, 1.165) is 53.7 Å². The van der Waals surface area contributed by atoms with Gasteiger partial charge in [0.25, 0.3) is 5.91 Å². The molecule has 1 atom stereocenters. The van der Waals surface area contributed by atoms with Crippen LogP contribution in [0.15, 0.2) is 30.7 Å². The lowest BCUT2D eigenvalue weighted by atomic mass is 10.1. The van der Waals surface area contributed by atoms with Gasteiger partial charge in [-0.25, -0.2) is 9.50 Å². The fourth-order valence-corrected chi connectivity index (χ4v) is 3.46. The van der Waals surface area contributed by atoms with Gasteiger partial charge in [-0.05, 0) is 62.9 Å². The minimum absolute atomic E-state index is 0.0559. The van der Waals surface area contributed by atoms with Crippen molar-refractivity contribution in [3.8, 4) is 0 Å². The molecule has 4 rings (SSSR count). The number of aromatic nitrogens is 3. The highest BCUT2D eigenvalue weighted by atomic mass is 16.3. The maximum Gasteiger partial charge on any atom is 0.251 e. The molecule has 158 valence electrons. The topological polar surface area (TPSA) is 104 Å². The number of carbonyl (C=O) groups is 1. The van der Waals surface area contributed by atoms with Crippen LogP contribution in [0.3, 0.4) is 0 Å². The Balaban J connectivity index is 1.65. The van der Waals surface area contributed by atoms with E-state index in [9.17, 15) is 9.90 Å². The summed E-state index contributed by atoms with van der Waals surface area (Å²) in [7, 11) is 0. The number of aryl methyl sites for hydroxylation is 2. The summed E-state index contributed by atoms with van der Waals surface area (Å²) in [6, 6.07) is 5.93. The van der Waals surface area contributed by atoms with Crippen LogP contribution in [-0.4, -0.2) is 38.2 Å². The normalized spacial score (nSPS) is 14.7. The number of aliphatic hydroxyl groups excluding tert-OH is 1. The Bertz CT molecular complexity index is 1070. The van der Waals surface area contributed by atoms with Crippen molar-refractivity contribution in [2.24, 2.45) is 0 Å². The molecule has 0 aliphatic heterocycles. The first kappa shape index (κ1) is 20.3. The van der Waals surface area contributed by atoms with Gasteiger partial charge >= 0.3 is 0 Å². The SMILES string of the molecule is CCCNC(O)c1cn2ncnc(Nc3cc(C(=O)NC4CC4)ccc3C)c2c1C. The zero-order valence-electron chi connectivity index (χ0n) is 17.6. The molecule has 1 saturated carbocycles. The quantitative estimate of drug-likeness (QED) is 0.427. The summed E-state index contributed by atoms with van der Waals surface area (Å²) in [4.78, 5) is 16.9. The van der Waals surface area contributed by atoms with Crippen molar-refractivity contribution in [2.45, 2.75) is 52.3 Å². The summed E-state index contributed by atoms with van der Waals surface area (Å²) in [6.45, 7) is 6.71. The molecule has 30 heavy (non-hydrogen) atoms. The van der Waals surface area contributed by atoms with Gasteiger partial charge in [-0.1, -0.05) is 13.0 Å². The molecule has 4 N–H and O–H groups in total. The van der Waals surface area contributed by atoms with E-state index in [-0.39, 0.29) is 5.91 Å². The number of nitrogens with one attached hydrogen (secondary N) is 3. The van der Waals surface area contributed by atoms with Crippen molar-refractivity contribution in [1.82, 2.24) is 25.2 Å². The number of hydrogen-bond donors (Lipinski definition) is 4. The van der Waals surface area contributed by atoms with Crippen LogP contribution >= 0.6 is 0 Å². The summed E-state index contributed by atoms with van der Waals surface area (Å²) in [5, 5.41) is 24.3. The van der Waals surface area contributed by atoms with Gasteiger partial charge in [0.05, 0.1) is 0 Å². The van der Waals surface area contributed by atoms with Gasteiger partial charge in [0, 0.05) is 29.1 Å². The maximum absolute atomic E-state index is 12.4. The summed E-state index contributed by atoms with van der Waals surface area (Å²) in [5.74, 6) is 0.568. The number of anilines is 2. The molecule has 0 bridgehead atoms. The smallest absolute Gasteiger partial charge is 0.251 e. The number of nitrogens with zero attached hydrogens (tertiary/aromatic N) is 3. The van der Waals surface area contributed by atoms with Crippen LogP contribution < -0.4 is 16.0 Å². The van der Waals surface area contributed by atoms with E-state index in [2.05, 4.69) is 33.0 Å². The molecule has 8 heteroatoms. The van der Waals surface area contributed by atoms with Gasteiger partial charge in [-0.3, -0.25) is 10.1 Å². The second-order valence-corrected chi connectivity index (χ2v) is 7.87. The van der Waals surface area contributed by atoms with Crippen LogP contribution in [-0.2, 0) is 0 Å². The van der Waals surface area contributed by atoms with E-state index in [0.29, 0.717) is 17.4 Å². The largest absolute Gasteiger partial charge is 0.374 e. The highest BCUT2D eigenvalue weighted by molar-refractivity contribution is 5.96. The lowest BCUT2D eigenvalue weighted by Crippen LogP contribution is -2.25. The lowest BCUT2D eigenvalue weighted by molar-refractivity contribution is 0.0951. The third-order valence-corrected chi connectivity index (χ3v) is 5.41. The second-order valence-electron chi connectivity index (χ2n) is 7.87. The molecular formula is C22H28N6O2. The molecule has 2 aromatic heterocycles. The number of amides is 1. The summed E-state index contributed by atoms with van der Waals surface area (Å²) < 4.78 is 1.72. The van der Waals surface area contributed by atoms with Gasteiger partial charge in [0.2, 0.25) is 0 Å². The Kier molecular flexibility index (Phi) is 5.69. The van der Waals surface area contributed by atoms with Gasteiger partial charge in [0.1, 0.15) is 18.1 Å². The molecule has 1 amide bonds. The number of aliphatic hydroxyl groups is 1. The minimum Gasteiger partial charge on any atom is -0.374 e. The number of carbonyl (C=O) groups excluding carboxylic acids is 1. The minimum atomic E-state index is -0.768. The number of rotatable bonds is 8. The third-order valence-electron chi connectivity index (χ3n) is 5.41. The van der Waals surface area contributed by atoms with Gasteiger partial charge in [-0.15, -0.1) is 0 Å². The standard InChI is InChI=1S/C22H28N6O2/c1-4-9-23-22(30)17-11-28-19(14(17)3)20(24-12-25-28)27-18-10-15(6-5-13(18)2)21(29)26-16-7-8-16/h5-6,10-12,16,22-23,30H,4,7-9H2,1-3H3,(H,26,29)(H,24,25,27). The Morgan fingerprint density at radius 1 is 1.33 bits per heavy atom. The summed E-state index contributed by atoms with van der Waals surface area (Å²) in [5.41, 5.74) is 4.88. The molecule has 3 aromatic rings. The molecule has 1 unspecified atom stereocenters. The zero-order chi connectivity index (χ0) is 21.3. The molecule has 8 nitrogen and oxygen atoms in total. The Morgan fingerprint density at radius 3 is 2.87 bits per heavy atom. The van der Waals surface area contributed by atoms with Crippen molar-refractivity contribution in [1.29, 1.82) is 0 Å². The number of benzene rings is 1. The Hall–Kier alpha value is -2.97. The van der Waals surface area contributed by atoms with Crippen molar-refractivity contribution < 1.29 is 9.90 Å². The molecule has 1 aromatic carbocycles. The van der Waals surface area contributed by atoms with Gasteiger partial charge in [-0.2, -0.15) is 5.10 Å². The molecule has 0 spiro atoms. The van der Waals surface area contributed by atoms with E-state index >= 15 is 0 Å². The summed E-state index contributed by atoms with van der Waals surface area (Å²) >= 11 is 0. The van der Waals surface area contributed by atoms with Gasteiger partial charge < -0.3 is 15.7 Å². The van der Waals surface area contributed by atoms with Crippen LogP contribution in [0, 0.1) is 13.8 Å². The molecule has 1 aliphatic rings. The molecule has 1 fully saturated rings. The molecule has 2 heterocycles. The first-order chi connectivity index (χ1) is 14.5. The zero-order valence-corrected chi connectivity index (χ0v) is 17.6. The third kappa shape index (κ3) is 4.15. The van der Waals surface area contributed by atoms with Crippen LogP contribution in [0.25, 0.3) is 5.52 Å². The van der Waals surface area contributed by atoms with E-state index in [1.165, 1.54) is 6.33 Å². The Labute approximate surface area is 175 Å². The van der Waals surface area contributed by atoms with Crippen LogP contribution in [0.4, 0.5) is 11.5 Å². The molecule has 1 aliphatic carbocycles. The monoisotopic (exact) mass is 408 g/mol. The predicted molar refractivity (Wildman–Crippen MR) is 116 cm³/mol. The summed E-state index contributed by atoms with van der Waals surface area (Å²) in [6.07, 6.45) is 5.56. The fraction of sp³-hybridized carbons (Fsp3) is 0.409. The molecule has 0 saturated heterocycles. The maximum atomic E-state index is 12.4. The van der Waals surface area contributed by atoms with Crippen LogP contribution in [0.5, 0.6) is 0 Å². The predicted octanol–water partition coefficient (Wildman–Crippen LogP) is 2.97. The first-order valence-corrected chi connectivity index (χ1v) is 10.4. The second kappa shape index (κ2) is 8.41. The van der Waals surface area contributed by atoms with E-state index in [1.807, 2.05) is 38.2 Å². The van der Waals surface area contributed by atoms with Gasteiger partial charge in [0.15, 0.2) is 5.82 Å². The molecular weight excluding hydrogens is 380 g/mol. The Morgan fingerprint density at radius 2 is 2.13 bits per heavy atom.